The Morgan fingerprint density at radius 3 is 2.44 bits per heavy atom. The van der Waals surface area contributed by atoms with Crippen molar-refractivity contribution in [1.29, 1.82) is 0 Å². The number of sulfone groups is 1. The fraction of sp³-hybridized carbons (Fsp3) is 0.579. The zero-order valence-corrected chi connectivity index (χ0v) is 17.3. The van der Waals surface area contributed by atoms with Crippen LogP contribution in [0.4, 0.5) is 5.13 Å². The molecule has 2 aliphatic rings. The Bertz CT molecular complexity index is 883. The molecule has 1 aromatic carbocycles. The van der Waals surface area contributed by atoms with Gasteiger partial charge in [-0.3, -0.25) is 0 Å². The van der Waals surface area contributed by atoms with E-state index in [1.807, 2.05) is 6.07 Å². The van der Waals surface area contributed by atoms with Crippen molar-refractivity contribution in [3.63, 3.8) is 0 Å². The number of piperidine rings is 2. The van der Waals surface area contributed by atoms with E-state index in [1.165, 1.54) is 50.1 Å². The lowest BCUT2D eigenvalue weighted by Gasteiger charge is -2.40. The highest BCUT2D eigenvalue weighted by Gasteiger charge is 2.27. The number of hydrogen-bond acceptors (Lipinski definition) is 7. The lowest BCUT2D eigenvalue weighted by molar-refractivity contribution is 0.141. The molecule has 0 radical (unpaired) electrons. The Hall–Kier alpha value is -1.51. The minimum atomic E-state index is -3.31. The zero-order chi connectivity index (χ0) is 18.9. The van der Waals surface area contributed by atoms with Gasteiger partial charge in [0.2, 0.25) is 5.13 Å². The van der Waals surface area contributed by atoms with Crippen molar-refractivity contribution in [2.45, 2.75) is 43.0 Å². The van der Waals surface area contributed by atoms with Crippen molar-refractivity contribution in [3.05, 3.63) is 24.3 Å². The fourth-order valence-corrected chi connectivity index (χ4v) is 5.75. The van der Waals surface area contributed by atoms with Crippen molar-refractivity contribution in [2.24, 2.45) is 0 Å². The van der Waals surface area contributed by atoms with Gasteiger partial charge in [-0.2, -0.15) is 9.36 Å². The first-order valence-corrected chi connectivity index (χ1v) is 12.3. The van der Waals surface area contributed by atoms with Gasteiger partial charge in [-0.1, -0.05) is 18.6 Å². The summed E-state index contributed by atoms with van der Waals surface area (Å²) in [5, 5.41) is 0.894. The van der Waals surface area contributed by atoms with Crippen LogP contribution in [0.25, 0.3) is 11.4 Å². The smallest absolute Gasteiger partial charge is 0.205 e. The number of rotatable bonds is 4. The minimum absolute atomic E-state index is 0.290. The topological polar surface area (TPSA) is 66.4 Å². The molecular weight excluding hydrogens is 380 g/mol. The molecule has 0 amide bonds. The SMILES string of the molecule is CS(=O)(=O)c1ccccc1-c1nsc(N2CCC(N3CCCCC3)CC2)n1. The van der Waals surface area contributed by atoms with Crippen molar-refractivity contribution >= 4 is 26.5 Å². The van der Waals surface area contributed by atoms with Crippen LogP contribution in [0, 0.1) is 0 Å². The second-order valence-corrected chi connectivity index (χ2v) is 10.2. The van der Waals surface area contributed by atoms with Crippen LogP contribution in [0.5, 0.6) is 0 Å². The average Bonchev–Trinajstić information content (AvgIpc) is 3.18. The summed E-state index contributed by atoms with van der Waals surface area (Å²) in [7, 11) is -3.31. The van der Waals surface area contributed by atoms with E-state index in [0.717, 1.165) is 31.1 Å². The molecule has 0 atom stereocenters. The van der Waals surface area contributed by atoms with Gasteiger partial charge in [0.1, 0.15) is 0 Å². The van der Waals surface area contributed by atoms with Crippen LogP contribution in [0.3, 0.4) is 0 Å². The molecule has 2 aromatic rings. The lowest BCUT2D eigenvalue weighted by atomic mass is 10.0. The van der Waals surface area contributed by atoms with Crippen molar-refractivity contribution in [2.75, 3.05) is 37.3 Å². The van der Waals surface area contributed by atoms with Gasteiger partial charge in [0.25, 0.3) is 0 Å². The van der Waals surface area contributed by atoms with Crippen LogP contribution in [0.1, 0.15) is 32.1 Å². The third kappa shape index (κ3) is 4.17. The Labute approximate surface area is 165 Å². The first-order valence-electron chi connectivity index (χ1n) is 9.64. The summed E-state index contributed by atoms with van der Waals surface area (Å²) in [6.45, 7) is 4.47. The van der Waals surface area contributed by atoms with Gasteiger partial charge in [-0.05, 0) is 50.9 Å². The highest BCUT2D eigenvalue weighted by atomic mass is 32.2. The van der Waals surface area contributed by atoms with Crippen LogP contribution in [0.2, 0.25) is 0 Å². The van der Waals surface area contributed by atoms with Gasteiger partial charge in [0.15, 0.2) is 15.7 Å². The maximum atomic E-state index is 12.1. The van der Waals surface area contributed by atoms with Gasteiger partial charge in [-0.25, -0.2) is 8.42 Å². The lowest BCUT2D eigenvalue weighted by Crippen LogP contribution is -2.46. The van der Waals surface area contributed by atoms with E-state index in [2.05, 4.69) is 19.2 Å². The third-order valence-electron chi connectivity index (χ3n) is 5.58. The normalized spacial score (nSPS) is 20.1. The van der Waals surface area contributed by atoms with Crippen molar-refractivity contribution < 1.29 is 8.42 Å². The van der Waals surface area contributed by atoms with Crippen LogP contribution in [-0.4, -0.2) is 61.2 Å². The quantitative estimate of drug-likeness (QED) is 0.777. The molecule has 27 heavy (non-hydrogen) atoms. The predicted octanol–water partition coefficient (Wildman–Crippen LogP) is 3.06. The van der Waals surface area contributed by atoms with E-state index in [4.69, 9.17) is 0 Å². The van der Waals surface area contributed by atoms with Gasteiger partial charge in [0.05, 0.1) is 4.90 Å². The van der Waals surface area contributed by atoms with E-state index < -0.39 is 9.84 Å². The van der Waals surface area contributed by atoms with Gasteiger partial charge in [-0.15, -0.1) is 0 Å². The molecule has 1 aromatic heterocycles. The van der Waals surface area contributed by atoms with Crippen LogP contribution >= 0.6 is 11.5 Å². The first-order chi connectivity index (χ1) is 13.0. The van der Waals surface area contributed by atoms with Crippen molar-refractivity contribution in [1.82, 2.24) is 14.3 Å². The third-order valence-corrected chi connectivity index (χ3v) is 7.52. The van der Waals surface area contributed by atoms with E-state index in [1.54, 1.807) is 18.2 Å². The van der Waals surface area contributed by atoms with E-state index in [-0.39, 0.29) is 4.90 Å². The van der Waals surface area contributed by atoms with Crippen LogP contribution in [0.15, 0.2) is 29.2 Å². The number of benzene rings is 1. The monoisotopic (exact) mass is 406 g/mol. The van der Waals surface area contributed by atoms with Crippen molar-refractivity contribution in [3.8, 4) is 11.4 Å². The summed E-state index contributed by atoms with van der Waals surface area (Å²) in [6, 6.07) is 7.66. The summed E-state index contributed by atoms with van der Waals surface area (Å²) < 4.78 is 28.6. The summed E-state index contributed by atoms with van der Waals surface area (Å²) >= 11 is 1.36. The molecule has 4 rings (SSSR count). The number of aromatic nitrogens is 2. The maximum Gasteiger partial charge on any atom is 0.205 e. The maximum absolute atomic E-state index is 12.1. The molecule has 2 aliphatic heterocycles. The molecule has 6 nitrogen and oxygen atoms in total. The largest absolute Gasteiger partial charge is 0.347 e. The summed E-state index contributed by atoms with van der Waals surface area (Å²) in [6.07, 6.45) is 7.59. The molecular formula is C19H26N4O2S2. The van der Waals surface area contributed by atoms with Crippen LogP contribution in [-0.2, 0) is 9.84 Å². The number of hydrogen-bond donors (Lipinski definition) is 0. The molecule has 0 spiro atoms. The molecule has 0 unspecified atom stereocenters. The molecule has 0 N–H and O–H groups in total. The summed E-state index contributed by atoms with van der Waals surface area (Å²) in [5.41, 5.74) is 0.589. The molecule has 0 aliphatic carbocycles. The minimum Gasteiger partial charge on any atom is -0.347 e. The molecule has 0 saturated carbocycles. The first kappa shape index (κ1) is 18.8. The van der Waals surface area contributed by atoms with Gasteiger partial charge >= 0.3 is 0 Å². The Morgan fingerprint density at radius 1 is 1.04 bits per heavy atom. The highest BCUT2D eigenvalue weighted by Crippen LogP contribution is 2.31. The average molecular weight is 407 g/mol. The standard InChI is InChI=1S/C19H26N4O2S2/c1-27(24,25)17-8-4-3-7-16(17)18-20-19(26-21-18)23-13-9-15(10-14-23)22-11-5-2-6-12-22/h3-4,7-8,15H,2,5-6,9-14H2,1H3. The molecule has 2 fully saturated rings. The van der Waals surface area contributed by atoms with Crippen LogP contribution < -0.4 is 4.90 Å². The second kappa shape index (κ2) is 7.85. The molecule has 3 heterocycles. The molecule has 0 bridgehead atoms. The Morgan fingerprint density at radius 2 is 1.74 bits per heavy atom. The van der Waals surface area contributed by atoms with Gasteiger partial charge < -0.3 is 9.80 Å². The summed E-state index contributed by atoms with van der Waals surface area (Å²) in [5.74, 6) is 0.508. The Balaban J connectivity index is 1.47. The zero-order valence-electron chi connectivity index (χ0n) is 15.7. The Kier molecular flexibility index (Phi) is 5.48. The highest BCUT2D eigenvalue weighted by molar-refractivity contribution is 7.90. The number of nitrogens with zero attached hydrogens (tertiary/aromatic N) is 4. The summed E-state index contributed by atoms with van der Waals surface area (Å²) in [4.78, 5) is 9.92. The molecule has 2 saturated heterocycles. The van der Waals surface area contributed by atoms with E-state index in [9.17, 15) is 8.42 Å². The predicted molar refractivity (Wildman–Crippen MR) is 109 cm³/mol. The second-order valence-electron chi connectivity index (χ2n) is 7.48. The van der Waals surface area contributed by atoms with E-state index in [0.29, 0.717) is 17.4 Å². The molecule has 146 valence electrons. The van der Waals surface area contributed by atoms with Gasteiger partial charge in [0, 0.05) is 42.5 Å². The fourth-order valence-electron chi connectivity index (χ4n) is 4.13. The van der Waals surface area contributed by atoms with E-state index >= 15 is 0 Å². The number of anilines is 1. The number of likely N-dealkylation sites (tertiary alicyclic amines) is 1. The molecule has 8 heteroatoms.